The van der Waals surface area contributed by atoms with E-state index in [1.165, 1.54) is 12.8 Å². The van der Waals surface area contributed by atoms with E-state index in [1.54, 1.807) is 0 Å². The average molecular weight is 160 g/mol. The third-order valence-electron chi connectivity index (χ3n) is 1.83. The molecule has 0 heteroatoms. The van der Waals surface area contributed by atoms with E-state index < -0.39 is 0 Å². The third-order valence-corrected chi connectivity index (χ3v) is 1.83. The summed E-state index contributed by atoms with van der Waals surface area (Å²) in [6.07, 6.45) is 15.7. The first-order valence-corrected chi connectivity index (χ1v) is 4.76. The van der Waals surface area contributed by atoms with Gasteiger partial charge in [0.05, 0.1) is 0 Å². The smallest absolute Gasteiger partial charge is 0.0123 e. The second kappa shape index (κ2) is 6.73. The van der Waals surface area contributed by atoms with Crippen molar-refractivity contribution in [1.29, 1.82) is 0 Å². The van der Waals surface area contributed by atoms with Gasteiger partial charge < -0.3 is 0 Å². The van der Waals surface area contributed by atoms with Gasteiger partial charge in [-0.3, -0.25) is 0 Å². The van der Waals surface area contributed by atoms with E-state index in [1.807, 2.05) is 0 Å². The van der Waals surface area contributed by atoms with Gasteiger partial charge in [-0.05, 0) is 25.7 Å². The molecule has 0 saturated heterocycles. The highest BCUT2D eigenvalue weighted by Crippen LogP contribution is 1.99. The largest absolute Gasteiger partial charge is 0.103 e. The summed E-state index contributed by atoms with van der Waals surface area (Å²) in [7, 11) is 0. The molecule has 0 bridgehead atoms. The lowest BCUT2D eigenvalue weighted by molar-refractivity contribution is 0.987. The van der Waals surface area contributed by atoms with Crippen LogP contribution in [0.3, 0.4) is 0 Å². The summed E-state index contributed by atoms with van der Waals surface area (Å²) in [4.78, 5) is 0. The third kappa shape index (κ3) is 4.79. The van der Waals surface area contributed by atoms with Crippen LogP contribution in [0, 0.1) is 11.8 Å². The second-order valence-corrected chi connectivity index (χ2v) is 2.95. The Hall–Kier alpha value is -0.960. The first kappa shape index (κ1) is 9.13. The number of rotatable bonds is 0. The highest BCUT2D eigenvalue weighted by atomic mass is 13.9. The molecular formula is C12H16. The first-order valence-electron chi connectivity index (χ1n) is 4.76. The standard InChI is InChI=1S/C12H16/c1-2-4-6-8-10-12-11-9-7-5-3-1/h1-2,7,9H,3-6,11-12H2/b2-1-,9-7-. The molecule has 0 N–H and O–H groups in total. The Morgan fingerprint density at radius 2 is 1.00 bits per heavy atom. The molecule has 0 aromatic heterocycles. The molecule has 0 spiro atoms. The van der Waals surface area contributed by atoms with Crippen molar-refractivity contribution in [1.82, 2.24) is 0 Å². The molecule has 0 heterocycles. The molecule has 0 fully saturated rings. The van der Waals surface area contributed by atoms with Crippen LogP contribution in [0.2, 0.25) is 0 Å². The lowest BCUT2D eigenvalue weighted by Gasteiger charge is -1.90. The minimum atomic E-state index is 1.03. The maximum atomic E-state index is 3.17. The van der Waals surface area contributed by atoms with Crippen molar-refractivity contribution < 1.29 is 0 Å². The Labute approximate surface area is 75.4 Å². The lowest BCUT2D eigenvalue weighted by Crippen LogP contribution is -1.72. The minimum absolute atomic E-state index is 1.03. The topological polar surface area (TPSA) is 0 Å². The van der Waals surface area contributed by atoms with Gasteiger partial charge in [0.25, 0.3) is 0 Å². The molecule has 0 amide bonds. The van der Waals surface area contributed by atoms with Gasteiger partial charge in [-0.15, -0.1) is 11.8 Å². The number of allylic oxidation sites excluding steroid dienone is 4. The molecule has 0 saturated carbocycles. The number of hydrogen-bond donors (Lipinski definition) is 0. The van der Waals surface area contributed by atoms with Crippen molar-refractivity contribution in [3.63, 3.8) is 0 Å². The molecule has 0 unspecified atom stereocenters. The lowest BCUT2D eigenvalue weighted by atomic mass is 10.2. The van der Waals surface area contributed by atoms with Gasteiger partial charge in [-0.1, -0.05) is 24.3 Å². The van der Waals surface area contributed by atoms with E-state index in [-0.39, 0.29) is 0 Å². The molecule has 1 aliphatic rings. The van der Waals surface area contributed by atoms with Crippen LogP contribution >= 0.6 is 0 Å². The zero-order valence-corrected chi connectivity index (χ0v) is 7.55. The fraction of sp³-hybridized carbons (Fsp3) is 0.500. The fourth-order valence-corrected chi connectivity index (χ4v) is 1.15. The Morgan fingerprint density at radius 1 is 0.583 bits per heavy atom. The zero-order valence-electron chi connectivity index (χ0n) is 7.55. The van der Waals surface area contributed by atoms with E-state index in [2.05, 4.69) is 36.1 Å². The van der Waals surface area contributed by atoms with E-state index in [9.17, 15) is 0 Å². The first-order chi connectivity index (χ1) is 6.00. The van der Waals surface area contributed by atoms with Crippen LogP contribution in [0.1, 0.15) is 38.5 Å². The summed E-state index contributed by atoms with van der Waals surface area (Å²) in [5.41, 5.74) is 0. The van der Waals surface area contributed by atoms with Crippen molar-refractivity contribution in [3.05, 3.63) is 24.3 Å². The van der Waals surface area contributed by atoms with Crippen molar-refractivity contribution in [3.8, 4) is 11.8 Å². The van der Waals surface area contributed by atoms with Crippen LogP contribution in [0.5, 0.6) is 0 Å². The summed E-state index contributed by atoms with van der Waals surface area (Å²) in [6, 6.07) is 0. The van der Waals surface area contributed by atoms with Crippen molar-refractivity contribution in [2.75, 3.05) is 0 Å². The predicted octanol–water partition coefficient (Wildman–Crippen LogP) is 3.46. The summed E-state index contributed by atoms with van der Waals surface area (Å²) in [5.74, 6) is 6.34. The van der Waals surface area contributed by atoms with Crippen LogP contribution in [-0.4, -0.2) is 0 Å². The molecule has 12 heavy (non-hydrogen) atoms. The normalized spacial score (nSPS) is 24.0. The Bertz CT molecular complexity index is 188. The Kier molecular flexibility index (Phi) is 5.12. The Balaban J connectivity index is 2.34. The maximum Gasteiger partial charge on any atom is 0.0123 e. The van der Waals surface area contributed by atoms with E-state index >= 15 is 0 Å². The average Bonchev–Trinajstić information content (AvgIpc) is 2.05. The van der Waals surface area contributed by atoms with Crippen LogP contribution in [0.25, 0.3) is 0 Å². The zero-order chi connectivity index (χ0) is 8.49. The van der Waals surface area contributed by atoms with Gasteiger partial charge in [0.2, 0.25) is 0 Å². The minimum Gasteiger partial charge on any atom is -0.103 e. The van der Waals surface area contributed by atoms with E-state index in [0.717, 1.165) is 25.7 Å². The number of hydrogen-bond acceptors (Lipinski definition) is 0. The highest BCUT2D eigenvalue weighted by molar-refractivity contribution is 5.02. The molecule has 0 aromatic carbocycles. The fourth-order valence-electron chi connectivity index (χ4n) is 1.15. The highest BCUT2D eigenvalue weighted by Gasteiger charge is 1.81. The molecular weight excluding hydrogens is 144 g/mol. The molecule has 1 aliphatic carbocycles. The molecule has 0 atom stereocenters. The quantitative estimate of drug-likeness (QED) is 0.376. The van der Waals surface area contributed by atoms with Gasteiger partial charge >= 0.3 is 0 Å². The molecule has 0 radical (unpaired) electrons. The molecule has 0 aliphatic heterocycles. The SMILES string of the molecule is C1#CCC/C=C\CC/C=C\CC1. The second-order valence-electron chi connectivity index (χ2n) is 2.95. The van der Waals surface area contributed by atoms with Crippen LogP contribution in [-0.2, 0) is 0 Å². The van der Waals surface area contributed by atoms with Gasteiger partial charge in [0.1, 0.15) is 0 Å². The summed E-state index contributed by atoms with van der Waals surface area (Å²) < 4.78 is 0. The molecule has 0 nitrogen and oxygen atoms in total. The van der Waals surface area contributed by atoms with Crippen molar-refractivity contribution in [2.45, 2.75) is 38.5 Å². The van der Waals surface area contributed by atoms with Gasteiger partial charge in [0, 0.05) is 12.8 Å². The Morgan fingerprint density at radius 3 is 1.50 bits per heavy atom. The van der Waals surface area contributed by atoms with Gasteiger partial charge in [0.15, 0.2) is 0 Å². The van der Waals surface area contributed by atoms with E-state index in [0.29, 0.717) is 0 Å². The summed E-state index contributed by atoms with van der Waals surface area (Å²) >= 11 is 0. The summed E-state index contributed by atoms with van der Waals surface area (Å²) in [5, 5.41) is 0. The van der Waals surface area contributed by atoms with Crippen molar-refractivity contribution in [2.24, 2.45) is 0 Å². The van der Waals surface area contributed by atoms with Crippen LogP contribution in [0.4, 0.5) is 0 Å². The predicted molar refractivity (Wildman–Crippen MR) is 53.8 cm³/mol. The monoisotopic (exact) mass is 160 g/mol. The van der Waals surface area contributed by atoms with Gasteiger partial charge in [-0.2, -0.15) is 0 Å². The molecule has 0 aromatic rings. The van der Waals surface area contributed by atoms with Crippen LogP contribution in [0.15, 0.2) is 24.3 Å². The van der Waals surface area contributed by atoms with Crippen molar-refractivity contribution >= 4 is 0 Å². The molecule has 64 valence electrons. The van der Waals surface area contributed by atoms with Gasteiger partial charge in [-0.25, -0.2) is 0 Å². The molecule has 1 rings (SSSR count). The summed E-state index contributed by atoms with van der Waals surface area (Å²) in [6.45, 7) is 0. The maximum absolute atomic E-state index is 3.17. The van der Waals surface area contributed by atoms with Crippen LogP contribution < -0.4 is 0 Å². The van der Waals surface area contributed by atoms with E-state index in [4.69, 9.17) is 0 Å².